The molecule has 2 fully saturated rings. The standard InChI is InChI=1S/C21H33N3O3.HI/c1-22-21(23-12-2-4-17-6-8-18(25)9-7-17)24-13-10-19(11-14-24)27-16-20-5-3-15-26-20;/h6-9,19-20,25H,2-5,10-16H2,1H3,(H,22,23);1H. The average Bonchev–Trinajstić information content (AvgIpc) is 3.22. The van der Waals surface area contributed by atoms with Crippen LogP contribution in [0.15, 0.2) is 29.3 Å². The minimum absolute atomic E-state index is 0. The molecule has 0 saturated carbocycles. The third-order valence-electron chi connectivity index (χ3n) is 5.36. The number of rotatable bonds is 7. The number of hydrogen-bond donors (Lipinski definition) is 2. The summed E-state index contributed by atoms with van der Waals surface area (Å²) >= 11 is 0. The van der Waals surface area contributed by atoms with Crippen molar-refractivity contribution >= 4 is 29.9 Å². The lowest BCUT2D eigenvalue weighted by Crippen LogP contribution is -2.47. The first-order valence-corrected chi connectivity index (χ1v) is 10.2. The number of phenols is 1. The fourth-order valence-electron chi connectivity index (χ4n) is 3.74. The maximum Gasteiger partial charge on any atom is 0.193 e. The molecule has 1 atom stereocenters. The van der Waals surface area contributed by atoms with Gasteiger partial charge in [-0.15, -0.1) is 24.0 Å². The smallest absolute Gasteiger partial charge is 0.193 e. The van der Waals surface area contributed by atoms with Crippen molar-refractivity contribution in [1.29, 1.82) is 0 Å². The first-order valence-electron chi connectivity index (χ1n) is 10.2. The molecule has 3 rings (SSSR count). The minimum atomic E-state index is 0. The van der Waals surface area contributed by atoms with Gasteiger partial charge in [-0.1, -0.05) is 12.1 Å². The van der Waals surface area contributed by atoms with Crippen molar-refractivity contribution in [2.24, 2.45) is 4.99 Å². The number of aliphatic imine (C=N–C) groups is 1. The zero-order chi connectivity index (χ0) is 18.9. The molecule has 0 aliphatic carbocycles. The largest absolute Gasteiger partial charge is 0.508 e. The van der Waals surface area contributed by atoms with Crippen LogP contribution in [0.2, 0.25) is 0 Å². The summed E-state index contributed by atoms with van der Waals surface area (Å²) < 4.78 is 11.7. The predicted molar refractivity (Wildman–Crippen MR) is 123 cm³/mol. The molecule has 0 radical (unpaired) electrons. The van der Waals surface area contributed by atoms with Crippen LogP contribution in [-0.2, 0) is 15.9 Å². The third-order valence-corrected chi connectivity index (χ3v) is 5.36. The van der Waals surface area contributed by atoms with Crippen LogP contribution in [0.25, 0.3) is 0 Å². The minimum Gasteiger partial charge on any atom is -0.508 e. The van der Waals surface area contributed by atoms with Crippen molar-refractivity contribution < 1.29 is 14.6 Å². The van der Waals surface area contributed by atoms with E-state index in [0.29, 0.717) is 18.0 Å². The molecule has 2 saturated heterocycles. The molecule has 2 aliphatic heterocycles. The number of nitrogens with zero attached hydrogens (tertiary/aromatic N) is 2. The second-order valence-corrected chi connectivity index (χ2v) is 7.40. The van der Waals surface area contributed by atoms with E-state index in [9.17, 15) is 5.11 Å². The van der Waals surface area contributed by atoms with Gasteiger partial charge in [-0.2, -0.15) is 0 Å². The van der Waals surface area contributed by atoms with Gasteiger partial charge in [0.15, 0.2) is 5.96 Å². The molecule has 158 valence electrons. The zero-order valence-electron chi connectivity index (χ0n) is 16.8. The van der Waals surface area contributed by atoms with Crippen molar-refractivity contribution in [3.63, 3.8) is 0 Å². The van der Waals surface area contributed by atoms with E-state index in [0.717, 1.165) is 70.9 Å². The first kappa shape index (κ1) is 23.2. The molecular formula is C21H34IN3O3. The van der Waals surface area contributed by atoms with Gasteiger partial charge in [0, 0.05) is 33.3 Å². The number of aryl methyl sites for hydroxylation is 1. The second-order valence-electron chi connectivity index (χ2n) is 7.40. The summed E-state index contributed by atoms with van der Waals surface area (Å²) in [5.74, 6) is 1.30. The van der Waals surface area contributed by atoms with E-state index in [2.05, 4.69) is 15.2 Å². The molecule has 0 spiro atoms. The van der Waals surface area contributed by atoms with Crippen LogP contribution < -0.4 is 5.32 Å². The van der Waals surface area contributed by atoms with Crippen molar-refractivity contribution in [3.05, 3.63) is 29.8 Å². The number of phenolic OH excluding ortho intramolecular Hbond substituents is 1. The fourth-order valence-corrected chi connectivity index (χ4v) is 3.74. The van der Waals surface area contributed by atoms with E-state index in [1.807, 2.05) is 19.2 Å². The number of piperidine rings is 1. The van der Waals surface area contributed by atoms with E-state index in [1.165, 1.54) is 12.0 Å². The summed E-state index contributed by atoms with van der Waals surface area (Å²) in [5.41, 5.74) is 1.24. The number of benzene rings is 1. The lowest BCUT2D eigenvalue weighted by atomic mass is 10.1. The SMILES string of the molecule is CN=C(NCCCc1ccc(O)cc1)N1CCC(OCC2CCCO2)CC1.I. The second kappa shape index (κ2) is 12.5. The lowest BCUT2D eigenvalue weighted by Gasteiger charge is -2.34. The monoisotopic (exact) mass is 503 g/mol. The van der Waals surface area contributed by atoms with Crippen molar-refractivity contribution in [3.8, 4) is 5.75 Å². The molecule has 2 aliphatic rings. The number of halogens is 1. The van der Waals surface area contributed by atoms with E-state index in [1.54, 1.807) is 12.1 Å². The molecule has 0 aromatic heterocycles. The highest BCUT2D eigenvalue weighted by molar-refractivity contribution is 14.0. The van der Waals surface area contributed by atoms with Gasteiger partial charge in [0.1, 0.15) is 5.75 Å². The van der Waals surface area contributed by atoms with Gasteiger partial charge < -0.3 is 24.8 Å². The Bertz CT molecular complexity index is 583. The summed E-state index contributed by atoms with van der Waals surface area (Å²) in [4.78, 5) is 6.77. The van der Waals surface area contributed by atoms with Gasteiger partial charge in [-0.3, -0.25) is 4.99 Å². The maximum atomic E-state index is 9.34. The van der Waals surface area contributed by atoms with Crippen LogP contribution in [-0.4, -0.2) is 68.1 Å². The Kier molecular flexibility index (Phi) is 10.4. The molecular weight excluding hydrogens is 469 g/mol. The predicted octanol–water partition coefficient (Wildman–Crippen LogP) is 3.18. The van der Waals surface area contributed by atoms with Crippen molar-refractivity contribution in [2.45, 2.75) is 50.7 Å². The average molecular weight is 503 g/mol. The molecule has 2 heterocycles. The van der Waals surface area contributed by atoms with E-state index >= 15 is 0 Å². The highest BCUT2D eigenvalue weighted by atomic mass is 127. The van der Waals surface area contributed by atoms with Gasteiger partial charge in [-0.05, 0) is 56.2 Å². The van der Waals surface area contributed by atoms with E-state index < -0.39 is 0 Å². The zero-order valence-corrected chi connectivity index (χ0v) is 19.1. The molecule has 2 N–H and O–H groups in total. The van der Waals surface area contributed by atoms with Gasteiger partial charge in [-0.25, -0.2) is 0 Å². The van der Waals surface area contributed by atoms with Gasteiger partial charge in [0.25, 0.3) is 0 Å². The normalized spacial score (nSPS) is 20.8. The van der Waals surface area contributed by atoms with Crippen LogP contribution >= 0.6 is 24.0 Å². The Hall–Kier alpha value is -1.06. The molecule has 0 amide bonds. The number of guanidine groups is 1. The molecule has 1 aromatic carbocycles. The summed E-state index contributed by atoms with van der Waals surface area (Å²) in [5, 5.41) is 12.8. The summed E-state index contributed by atoms with van der Waals surface area (Å²) in [6.45, 7) is 4.49. The number of hydrogen-bond acceptors (Lipinski definition) is 4. The van der Waals surface area contributed by atoms with Crippen molar-refractivity contribution in [1.82, 2.24) is 10.2 Å². The van der Waals surface area contributed by atoms with Crippen LogP contribution in [0.4, 0.5) is 0 Å². The van der Waals surface area contributed by atoms with Crippen LogP contribution in [0.3, 0.4) is 0 Å². The highest BCUT2D eigenvalue weighted by Crippen LogP contribution is 2.18. The highest BCUT2D eigenvalue weighted by Gasteiger charge is 2.24. The quantitative estimate of drug-likeness (QED) is 0.259. The van der Waals surface area contributed by atoms with E-state index in [-0.39, 0.29) is 24.0 Å². The Morgan fingerprint density at radius 3 is 2.64 bits per heavy atom. The maximum absolute atomic E-state index is 9.34. The lowest BCUT2D eigenvalue weighted by molar-refractivity contribution is -0.0367. The van der Waals surface area contributed by atoms with Crippen LogP contribution in [0.1, 0.15) is 37.7 Å². The summed E-state index contributed by atoms with van der Waals surface area (Å²) in [7, 11) is 1.85. The summed E-state index contributed by atoms with van der Waals surface area (Å²) in [6.07, 6.45) is 7.07. The molecule has 7 heteroatoms. The van der Waals surface area contributed by atoms with Crippen molar-refractivity contribution in [2.75, 3.05) is 39.9 Å². The first-order chi connectivity index (χ1) is 13.2. The Balaban J connectivity index is 0.00000280. The topological polar surface area (TPSA) is 66.3 Å². The van der Waals surface area contributed by atoms with Crippen LogP contribution in [0.5, 0.6) is 5.75 Å². The van der Waals surface area contributed by atoms with E-state index in [4.69, 9.17) is 9.47 Å². The molecule has 6 nitrogen and oxygen atoms in total. The molecule has 0 bridgehead atoms. The number of ether oxygens (including phenoxy) is 2. The Morgan fingerprint density at radius 1 is 1.25 bits per heavy atom. The molecule has 1 aromatic rings. The molecule has 28 heavy (non-hydrogen) atoms. The van der Waals surface area contributed by atoms with Gasteiger partial charge in [0.2, 0.25) is 0 Å². The Labute approximate surface area is 185 Å². The van der Waals surface area contributed by atoms with Crippen LogP contribution in [0, 0.1) is 0 Å². The number of nitrogens with one attached hydrogen (secondary N) is 1. The number of aromatic hydroxyl groups is 1. The third kappa shape index (κ3) is 7.40. The Morgan fingerprint density at radius 2 is 2.00 bits per heavy atom. The fraction of sp³-hybridized carbons (Fsp3) is 0.667. The van der Waals surface area contributed by atoms with Gasteiger partial charge >= 0.3 is 0 Å². The number of likely N-dealkylation sites (tertiary alicyclic amines) is 1. The van der Waals surface area contributed by atoms with Gasteiger partial charge in [0.05, 0.1) is 18.8 Å². The summed E-state index contributed by atoms with van der Waals surface area (Å²) in [6, 6.07) is 7.44. The molecule has 1 unspecified atom stereocenters.